The first-order valence-electron chi connectivity index (χ1n) is 5.75. The lowest BCUT2D eigenvalue weighted by molar-refractivity contribution is -0.174. The molecule has 86 valence electrons. The zero-order valence-corrected chi connectivity index (χ0v) is 11.0. The largest absolute Gasteiger partial charge is 0.347 e. The van der Waals surface area contributed by atoms with E-state index in [4.69, 9.17) is 9.47 Å². The lowest BCUT2D eigenvalue weighted by Crippen LogP contribution is -2.28. The van der Waals surface area contributed by atoms with Crippen LogP contribution in [0.15, 0.2) is 0 Å². The topological polar surface area (TPSA) is 18.5 Å². The molecule has 0 aliphatic heterocycles. The highest BCUT2D eigenvalue weighted by molar-refractivity contribution is 7.18. The molecule has 0 fully saturated rings. The predicted octanol–water partition coefficient (Wildman–Crippen LogP) is 3.56. The maximum atomic E-state index is 5.71. The molecule has 0 N–H and O–H groups in total. The standard InChI is InChI=1S/C11H25O2P/c1-4-7-9-12-11(14,6-3)13-10-8-5-2/h4-10,14H2,1-3H3. The van der Waals surface area contributed by atoms with Gasteiger partial charge in [-0.25, -0.2) is 0 Å². The summed E-state index contributed by atoms with van der Waals surface area (Å²) in [5.74, 6) is 0. The van der Waals surface area contributed by atoms with E-state index in [1.54, 1.807) is 0 Å². The Kier molecular flexibility index (Phi) is 8.86. The smallest absolute Gasteiger partial charge is 0.180 e. The first-order valence-corrected chi connectivity index (χ1v) is 6.33. The Bertz CT molecular complexity index is 118. The Hall–Kier alpha value is 0.350. The van der Waals surface area contributed by atoms with Gasteiger partial charge in [-0.15, -0.1) is 0 Å². The third-order valence-electron chi connectivity index (χ3n) is 2.18. The molecule has 0 saturated carbocycles. The molecule has 0 aromatic heterocycles. The highest BCUT2D eigenvalue weighted by atomic mass is 31.0. The summed E-state index contributed by atoms with van der Waals surface area (Å²) in [6, 6.07) is 0. The van der Waals surface area contributed by atoms with Gasteiger partial charge in [-0.2, -0.15) is 0 Å². The van der Waals surface area contributed by atoms with Crippen LogP contribution < -0.4 is 0 Å². The molecule has 3 heteroatoms. The first-order chi connectivity index (χ1) is 6.68. The number of unbranched alkanes of at least 4 members (excludes halogenated alkanes) is 2. The molecule has 0 aliphatic rings. The fraction of sp³-hybridized carbons (Fsp3) is 1.00. The van der Waals surface area contributed by atoms with Crippen molar-refractivity contribution in [1.82, 2.24) is 0 Å². The molecule has 0 saturated heterocycles. The quantitative estimate of drug-likeness (QED) is 0.336. The van der Waals surface area contributed by atoms with Gasteiger partial charge in [0.2, 0.25) is 0 Å². The zero-order chi connectivity index (χ0) is 10.9. The van der Waals surface area contributed by atoms with E-state index < -0.39 is 5.53 Å². The van der Waals surface area contributed by atoms with E-state index in [9.17, 15) is 0 Å². The lowest BCUT2D eigenvalue weighted by Gasteiger charge is -2.28. The Morgan fingerprint density at radius 2 is 1.36 bits per heavy atom. The Labute approximate surface area is 90.9 Å². The average Bonchev–Trinajstić information content (AvgIpc) is 2.19. The first kappa shape index (κ1) is 14.3. The molecular formula is C11H25O2P. The minimum Gasteiger partial charge on any atom is -0.347 e. The van der Waals surface area contributed by atoms with Crippen molar-refractivity contribution < 1.29 is 9.47 Å². The molecule has 0 amide bonds. The van der Waals surface area contributed by atoms with Crippen LogP contribution >= 0.6 is 9.24 Å². The fourth-order valence-electron chi connectivity index (χ4n) is 1.02. The molecule has 1 unspecified atom stereocenters. The van der Waals surface area contributed by atoms with Crippen molar-refractivity contribution in [3.8, 4) is 0 Å². The summed E-state index contributed by atoms with van der Waals surface area (Å²) in [7, 11) is 2.69. The van der Waals surface area contributed by atoms with E-state index in [2.05, 4.69) is 30.0 Å². The van der Waals surface area contributed by atoms with Gasteiger partial charge in [0.1, 0.15) is 0 Å². The molecule has 2 nitrogen and oxygen atoms in total. The van der Waals surface area contributed by atoms with E-state index in [0.717, 1.165) is 32.5 Å². The van der Waals surface area contributed by atoms with Gasteiger partial charge in [0, 0.05) is 6.42 Å². The Morgan fingerprint density at radius 1 is 0.929 bits per heavy atom. The number of ether oxygens (including phenoxy) is 2. The lowest BCUT2D eigenvalue weighted by atomic mass is 10.3. The van der Waals surface area contributed by atoms with E-state index in [0.29, 0.717) is 0 Å². The second-order valence-electron chi connectivity index (χ2n) is 3.57. The van der Waals surface area contributed by atoms with Gasteiger partial charge in [-0.1, -0.05) is 42.9 Å². The van der Waals surface area contributed by atoms with Crippen LogP contribution in [-0.4, -0.2) is 18.7 Å². The molecule has 0 rings (SSSR count). The van der Waals surface area contributed by atoms with Crippen molar-refractivity contribution in [2.75, 3.05) is 13.2 Å². The Morgan fingerprint density at radius 3 is 1.64 bits per heavy atom. The molecule has 0 heterocycles. The maximum absolute atomic E-state index is 5.71. The molecular weight excluding hydrogens is 195 g/mol. The van der Waals surface area contributed by atoms with Crippen LogP contribution in [0.2, 0.25) is 0 Å². The third kappa shape index (κ3) is 6.75. The second-order valence-corrected chi connectivity index (χ2v) is 4.45. The normalized spacial score (nSPS) is 12.0. The maximum Gasteiger partial charge on any atom is 0.180 e. The van der Waals surface area contributed by atoms with Gasteiger partial charge in [0.05, 0.1) is 13.2 Å². The predicted molar refractivity (Wildman–Crippen MR) is 64.5 cm³/mol. The van der Waals surface area contributed by atoms with Crippen molar-refractivity contribution in [2.45, 2.75) is 58.4 Å². The van der Waals surface area contributed by atoms with Gasteiger partial charge < -0.3 is 9.47 Å². The van der Waals surface area contributed by atoms with E-state index in [1.165, 1.54) is 12.8 Å². The minimum atomic E-state index is -0.440. The van der Waals surface area contributed by atoms with Gasteiger partial charge >= 0.3 is 0 Å². The van der Waals surface area contributed by atoms with Crippen LogP contribution in [0, 0.1) is 0 Å². The summed E-state index contributed by atoms with van der Waals surface area (Å²) in [4.78, 5) is 0. The van der Waals surface area contributed by atoms with Crippen LogP contribution in [0.1, 0.15) is 52.9 Å². The number of hydrogen-bond donors (Lipinski definition) is 0. The summed E-state index contributed by atoms with van der Waals surface area (Å²) >= 11 is 0. The van der Waals surface area contributed by atoms with Crippen molar-refractivity contribution in [3.63, 3.8) is 0 Å². The Balaban J connectivity index is 3.67. The van der Waals surface area contributed by atoms with Crippen molar-refractivity contribution >= 4 is 9.24 Å². The van der Waals surface area contributed by atoms with Gasteiger partial charge in [-0.05, 0) is 12.8 Å². The summed E-state index contributed by atoms with van der Waals surface area (Å²) < 4.78 is 11.4. The summed E-state index contributed by atoms with van der Waals surface area (Å²) in [6.45, 7) is 8.00. The number of rotatable bonds is 9. The van der Waals surface area contributed by atoms with E-state index in [1.807, 2.05) is 0 Å². The van der Waals surface area contributed by atoms with Crippen molar-refractivity contribution in [1.29, 1.82) is 0 Å². The van der Waals surface area contributed by atoms with Crippen LogP contribution in [0.5, 0.6) is 0 Å². The molecule has 1 atom stereocenters. The molecule has 0 radical (unpaired) electrons. The van der Waals surface area contributed by atoms with Crippen molar-refractivity contribution in [3.05, 3.63) is 0 Å². The highest BCUT2D eigenvalue weighted by Gasteiger charge is 2.22. The van der Waals surface area contributed by atoms with Crippen LogP contribution in [-0.2, 0) is 9.47 Å². The molecule has 0 aromatic rings. The van der Waals surface area contributed by atoms with E-state index in [-0.39, 0.29) is 0 Å². The van der Waals surface area contributed by atoms with Crippen LogP contribution in [0.4, 0.5) is 0 Å². The molecule has 0 aromatic carbocycles. The highest BCUT2D eigenvalue weighted by Crippen LogP contribution is 2.26. The van der Waals surface area contributed by atoms with Gasteiger partial charge in [-0.3, -0.25) is 0 Å². The molecule has 0 bridgehead atoms. The summed E-state index contributed by atoms with van der Waals surface area (Å²) in [5.41, 5.74) is -0.440. The summed E-state index contributed by atoms with van der Waals surface area (Å²) in [5, 5.41) is 0. The monoisotopic (exact) mass is 220 g/mol. The van der Waals surface area contributed by atoms with Crippen LogP contribution in [0.25, 0.3) is 0 Å². The second kappa shape index (κ2) is 8.64. The SMILES string of the molecule is CCCCOC(P)(CC)OCCCC. The zero-order valence-electron chi connectivity index (χ0n) is 9.84. The van der Waals surface area contributed by atoms with Gasteiger partial charge in [0.15, 0.2) is 5.53 Å². The molecule has 14 heavy (non-hydrogen) atoms. The van der Waals surface area contributed by atoms with E-state index >= 15 is 0 Å². The number of hydrogen-bond acceptors (Lipinski definition) is 2. The van der Waals surface area contributed by atoms with Crippen molar-refractivity contribution in [2.24, 2.45) is 0 Å². The van der Waals surface area contributed by atoms with Crippen LogP contribution in [0.3, 0.4) is 0 Å². The minimum absolute atomic E-state index is 0.440. The molecule has 0 aliphatic carbocycles. The van der Waals surface area contributed by atoms with Gasteiger partial charge in [0.25, 0.3) is 0 Å². The fourth-order valence-corrected chi connectivity index (χ4v) is 1.26. The summed E-state index contributed by atoms with van der Waals surface area (Å²) in [6.07, 6.45) is 5.42. The average molecular weight is 220 g/mol. The third-order valence-corrected chi connectivity index (χ3v) is 2.92. The molecule has 0 spiro atoms.